The first kappa shape index (κ1) is 20.7. The van der Waals surface area contributed by atoms with E-state index in [-0.39, 0.29) is 17.4 Å². The molecule has 7 heteroatoms. The number of halogens is 1. The van der Waals surface area contributed by atoms with Crippen molar-refractivity contribution in [1.82, 2.24) is 4.90 Å². The lowest BCUT2D eigenvalue weighted by atomic mass is 9.92. The Kier molecular flexibility index (Phi) is 5.73. The fraction of sp³-hybridized carbons (Fsp3) is 0.391. The first-order valence-electron chi connectivity index (χ1n) is 10.1. The van der Waals surface area contributed by atoms with Gasteiger partial charge in [-0.3, -0.25) is 9.59 Å². The number of nitrogens with zero attached hydrogens (tertiary/aromatic N) is 1. The van der Waals surface area contributed by atoms with Crippen molar-refractivity contribution in [3.8, 4) is 5.75 Å². The second kappa shape index (κ2) is 8.30. The van der Waals surface area contributed by atoms with Crippen molar-refractivity contribution >= 4 is 33.4 Å². The summed E-state index contributed by atoms with van der Waals surface area (Å²) in [4.78, 5) is 27.8. The quantitative estimate of drug-likeness (QED) is 0.378. The number of likely N-dealkylation sites (tertiary alicyclic amines) is 1. The predicted octanol–water partition coefficient (Wildman–Crippen LogP) is 5.11. The molecule has 4 rings (SSSR count). The van der Waals surface area contributed by atoms with Crippen LogP contribution in [0.5, 0.6) is 5.75 Å². The van der Waals surface area contributed by atoms with E-state index < -0.39 is 17.7 Å². The lowest BCUT2D eigenvalue weighted by Crippen LogP contribution is -2.40. The van der Waals surface area contributed by atoms with Crippen LogP contribution in [0.2, 0.25) is 0 Å². The number of hydrogen-bond acceptors (Lipinski definition) is 5. The summed E-state index contributed by atoms with van der Waals surface area (Å²) in [7, 11) is 1.55. The van der Waals surface area contributed by atoms with Gasteiger partial charge in [-0.2, -0.15) is 0 Å². The van der Waals surface area contributed by atoms with Gasteiger partial charge in [0, 0.05) is 11.6 Å². The molecule has 2 aliphatic rings. The highest BCUT2D eigenvalue weighted by molar-refractivity contribution is 9.10. The number of furan rings is 1. The molecular formula is C23H24BrNO5. The Bertz CT molecular complexity index is 1020. The summed E-state index contributed by atoms with van der Waals surface area (Å²) < 4.78 is 11.7. The molecule has 0 radical (unpaired) electrons. The zero-order valence-electron chi connectivity index (χ0n) is 17.0. The molecule has 1 aliphatic heterocycles. The molecule has 2 fully saturated rings. The summed E-state index contributed by atoms with van der Waals surface area (Å²) >= 11 is 3.41. The van der Waals surface area contributed by atoms with Gasteiger partial charge >= 0.3 is 0 Å². The number of carbonyl (C=O) groups excluding carboxylic acids is 2. The molecule has 1 aliphatic carbocycles. The minimum absolute atomic E-state index is 0.0430. The molecule has 6 nitrogen and oxygen atoms in total. The van der Waals surface area contributed by atoms with E-state index in [1.165, 1.54) is 0 Å². The van der Waals surface area contributed by atoms with Gasteiger partial charge in [0.15, 0.2) is 0 Å². The van der Waals surface area contributed by atoms with E-state index in [1.807, 2.05) is 6.92 Å². The first-order valence-corrected chi connectivity index (χ1v) is 10.9. The van der Waals surface area contributed by atoms with E-state index in [9.17, 15) is 14.7 Å². The zero-order chi connectivity index (χ0) is 21.4. The zero-order valence-corrected chi connectivity index (χ0v) is 18.6. The van der Waals surface area contributed by atoms with Gasteiger partial charge in [0.25, 0.3) is 11.7 Å². The molecule has 1 N–H and O–H groups in total. The highest BCUT2D eigenvalue weighted by Gasteiger charge is 2.50. The summed E-state index contributed by atoms with van der Waals surface area (Å²) in [5.74, 6) is 0.318. The monoisotopic (exact) mass is 473 g/mol. The molecule has 1 saturated carbocycles. The number of ketones is 1. The number of amides is 1. The number of Topliss-reactive ketones (excluding diaryl/α,β-unsaturated/α-hetero) is 1. The van der Waals surface area contributed by atoms with Crippen LogP contribution in [0, 0.1) is 6.92 Å². The largest absolute Gasteiger partial charge is 0.507 e. The Labute approximate surface area is 183 Å². The first-order chi connectivity index (χ1) is 14.4. The summed E-state index contributed by atoms with van der Waals surface area (Å²) in [6, 6.07) is 7.84. The van der Waals surface area contributed by atoms with Crippen molar-refractivity contribution in [2.45, 2.75) is 51.1 Å². The van der Waals surface area contributed by atoms with Gasteiger partial charge in [-0.05, 0) is 66.0 Å². The van der Waals surface area contributed by atoms with Gasteiger partial charge in [-0.1, -0.05) is 19.3 Å². The molecule has 1 unspecified atom stereocenters. The molecule has 1 atom stereocenters. The fourth-order valence-corrected chi connectivity index (χ4v) is 4.98. The van der Waals surface area contributed by atoms with Crippen molar-refractivity contribution < 1.29 is 23.8 Å². The number of aryl methyl sites for hydroxylation is 1. The maximum Gasteiger partial charge on any atom is 0.296 e. The molecule has 0 bridgehead atoms. The van der Waals surface area contributed by atoms with Crippen LogP contribution in [0.3, 0.4) is 0 Å². The van der Waals surface area contributed by atoms with E-state index in [2.05, 4.69) is 15.9 Å². The van der Waals surface area contributed by atoms with Crippen molar-refractivity contribution in [3.63, 3.8) is 0 Å². The summed E-state index contributed by atoms with van der Waals surface area (Å²) in [6.07, 6.45) is 4.85. The van der Waals surface area contributed by atoms with E-state index in [1.54, 1.807) is 42.3 Å². The van der Waals surface area contributed by atoms with Gasteiger partial charge in [0.05, 0.1) is 17.2 Å². The lowest BCUT2D eigenvalue weighted by Gasteiger charge is -2.34. The van der Waals surface area contributed by atoms with E-state index in [4.69, 9.17) is 9.15 Å². The molecule has 158 valence electrons. The predicted molar refractivity (Wildman–Crippen MR) is 115 cm³/mol. The Morgan fingerprint density at radius 3 is 2.50 bits per heavy atom. The number of hydrogen-bond donors (Lipinski definition) is 1. The minimum Gasteiger partial charge on any atom is -0.507 e. The average Bonchev–Trinajstić information content (AvgIpc) is 3.29. The van der Waals surface area contributed by atoms with Gasteiger partial charge in [0.2, 0.25) is 0 Å². The maximum atomic E-state index is 13.1. The standard InChI is InChI=1S/C23H24BrNO5/c1-13-8-10-18(30-13)20-19(21(26)14-9-11-17(29-2)16(24)12-14)22(27)23(28)25(20)15-6-4-3-5-7-15/h8-12,15,20,26H,3-7H2,1-2H3/b21-19-. The summed E-state index contributed by atoms with van der Waals surface area (Å²) in [6.45, 7) is 1.82. The second-order valence-corrected chi connectivity index (χ2v) is 8.65. The SMILES string of the molecule is COc1ccc(/C(O)=C2/C(=O)C(=O)N(C3CCCCC3)C2c2ccc(C)o2)cc1Br. The third kappa shape index (κ3) is 3.55. The molecule has 1 aromatic heterocycles. The Morgan fingerprint density at radius 1 is 1.17 bits per heavy atom. The van der Waals surface area contributed by atoms with Crippen LogP contribution in [0.4, 0.5) is 0 Å². The van der Waals surface area contributed by atoms with Gasteiger partial charge in [-0.15, -0.1) is 0 Å². The topological polar surface area (TPSA) is 80.0 Å². The van der Waals surface area contributed by atoms with Crippen molar-refractivity contribution in [1.29, 1.82) is 0 Å². The maximum absolute atomic E-state index is 13.1. The van der Waals surface area contributed by atoms with Crippen LogP contribution < -0.4 is 4.74 Å². The number of aliphatic hydroxyl groups is 1. The van der Waals surface area contributed by atoms with Crippen LogP contribution in [-0.2, 0) is 9.59 Å². The second-order valence-electron chi connectivity index (χ2n) is 7.80. The molecule has 1 saturated heterocycles. The summed E-state index contributed by atoms with van der Waals surface area (Å²) in [5, 5.41) is 11.1. The molecular weight excluding hydrogens is 450 g/mol. The van der Waals surface area contributed by atoms with Crippen LogP contribution in [-0.4, -0.2) is 34.8 Å². The number of rotatable bonds is 4. The Balaban J connectivity index is 1.85. The van der Waals surface area contributed by atoms with Gasteiger partial charge < -0.3 is 19.2 Å². The van der Waals surface area contributed by atoms with E-state index in [0.29, 0.717) is 27.3 Å². The van der Waals surface area contributed by atoms with Crippen molar-refractivity contribution in [3.05, 3.63) is 57.5 Å². The van der Waals surface area contributed by atoms with Crippen LogP contribution in [0.1, 0.15) is 55.2 Å². The number of benzene rings is 1. The molecule has 2 heterocycles. The number of aliphatic hydroxyl groups excluding tert-OH is 1. The third-order valence-corrected chi connectivity index (χ3v) is 6.52. The highest BCUT2D eigenvalue weighted by atomic mass is 79.9. The Morgan fingerprint density at radius 2 is 1.90 bits per heavy atom. The van der Waals surface area contributed by atoms with Crippen molar-refractivity contribution in [2.75, 3.05) is 7.11 Å². The smallest absolute Gasteiger partial charge is 0.296 e. The molecule has 30 heavy (non-hydrogen) atoms. The normalized spacial score (nSPS) is 22.0. The van der Waals surface area contributed by atoms with E-state index >= 15 is 0 Å². The van der Waals surface area contributed by atoms with Crippen LogP contribution in [0.25, 0.3) is 5.76 Å². The Hall–Kier alpha value is -2.54. The third-order valence-electron chi connectivity index (χ3n) is 5.90. The lowest BCUT2D eigenvalue weighted by molar-refractivity contribution is -0.142. The van der Waals surface area contributed by atoms with Gasteiger partial charge in [0.1, 0.15) is 29.1 Å². The van der Waals surface area contributed by atoms with Gasteiger partial charge in [-0.25, -0.2) is 0 Å². The number of methoxy groups -OCH3 is 1. The van der Waals surface area contributed by atoms with Crippen LogP contribution in [0.15, 0.2) is 44.8 Å². The molecule has 2 aromatic rings. The van der Waals surface area contributed by atoms with Crippen molar-refractivity contribution in [2.24, 2.45) is 0 Å². The fourth-order valence-electron chi connectivity index (χ4n) is 4.43. The van der Waals surface area contributed by atoms with E-state index in [0.717, 1.165) is 32.1 Å². The molecule has 1 aromatic carbocycles. The number of carbonyl (C=O) groups is 2. The number of ether oxygens (including phenoxy) is 1. The van der Waals surface area contributed by atoms with Crippen LogP contribution >= 0.6 is 15.9 Å². The average molecular weight is 474 g/mol. The summed E-state index contributed by atoms with van der Waals surface area (Å²) in [5.41, 5.74) is 0.495. The highest BCUT2D eigenvalue weighted by Crippen LogP contribution is 2.44. The molecule has 1 amide bonds. The minimum atomic E-state index is -0.734. The molecule has 0 spiro atoms.